The van der Waals surface area contributed by atoms with Crippen molar-refractivity contribution in [2.75, 3.05) is 25.0 Å². The van der Waals surface area contributed by atoms with Gasteiger partial charge in [-0.2, -0.15) is 18.3 Å². The van der Waals surface area contributed by atoms with E-state index in [4.69, 9.17) is 4.74 Å². The van der Waals surface area contributed by atoms with Crippen molar-refractivity contribution in [3.8, 4) is 0 Å². The maximum Gasteiger partial charge on any atom is 0.423 e. The number of hydrogen-bond donors (Lipinski definition) is 1. The van der Waals surface area contributed by atoms with E-state index >= 15 is 0 Å². The molecule has 0 saturated heterocycles. The number of alkyl halides is 4. The van der Waals surface area contributed by atoms with Crippen molar-refractivity contribution in [2.24, 2.45) is 0 Å². The topological polar surface area (TPSA) is 76.5 Å². The lowest BCUT2D eigenvalue weighted by atomic mass is 9.98. The van der Waals surface area contributed by atoms with Crippen LogP contribution in [0.25, 0.3) is 0 Å². The highest BCUT2D eigenvalue weighted by Gasteiger charge is 2.39. The molecule has 7 nitrogen and oxygen atoms in total. The number of hydrogen-bond acceptors (Lipinski definition) is 5. The van der Waals surface area contributed by atoms with E-state index in [9.17, 15) is 31.5 Å². The number of amides is 1. The highest BCUT2D eigenvalue weighted by molar-refractivity contribution is 9.10. The first-order valence-electron chi connectivity index (χ1n) is 12.5. The number of benzene rings is 1. The summed E-state index contributed by atoms with van der Waals surface area (Å²) in [5.74, 6) is -1.11. The van der Waals surface area contributed by atoms with E-state index < -0.39 is 61.7 Å². The van der Waals surface area contributed by atoms with Crippen LogP contribution in [0.3, 0.4) is 0 Å². The molecule has 1 aliphatic heterocycles. The number of carbonyl (C=O) groups excluding carboxylic acids is 1. The van der Waals surface area contributed by atoms with Crippen LogP contribution in [-0.2, 0) is 24.1 Å². The van der Waals surface area contributed by atoms with Crippen LogP contribution in [-0.4, -0.2) is 60.6 Å². The number of ether oxygens (including phenoxy) is 1. The Hall–Kier alpha value is -2.32. The van der Waals surface area contributed by atoms with Gasteiger partial charge in [-0.15, -0.1) is 0 Å². The Labute approximate surface area is 232 Å². The zero-order chi connectivity index (χ0) is 29.1. The largest absolute Gasteiger partial charge is 0.423 e. The molecule has 2 heterocycles. The van der Waals surface area contributed by atoms with Gasteiger partial charge in [-0.25, -0.2) is 13.5 Å². The van der Waals surface area contributed by atoms with E-state index in [1.54, 1.807) is 0 Å². The number of halogens is 6. The third kappa shape index (κ3) is 8.33. The summed E-state index contributed by atoms with van der Waals surface area (Å²) in [6.07, 6.45) is -5.51. The first kappa shape index (κ1) is 31.2. The van der Waals surface area contributed by atoms with Crippen LogP contribution in [0.4, 0.5) is 27.6 Å². The fraction of sp³-hybridized carbons (Fsp3) is 0.560. The molecule has 0 fully saturated rings. The molecule has 2 atom stereocenters. The van der Waals surface area contributed by atoms with Gasteiger partial charge in [0.2, 0.25) is 0 Å². The SMILES string of the molecule is C[C@@H](C[C@@H](F)CN1CCc2cc(Br)c(F)cc2C1=O)Nc1cnn(COCC[Si](C)(C)C)c(=O)c1C(F)(F)F. The van der Waals surface area contributed by atoms with Crippen LogP contribution < -0.4 is 10.9 Å². The molecule has 1 amide bonds. The smallest absolute Gasteiger partial charge is 0.381 e. The molecule has 216 valence electrons. The van der Waals surface area contributed by atoms with Crippen LogP contribution in [0, 0.1) is 5.82 Å². The Bertz CT molecular complexity index is 1250. The predicted molar refractivity (Wildman–Crippen MR) is 144 cm³/mol. The van der Waals surface area contributed by atoms with Crippen molar-refractivity contribution >= 4 is 35.6 Å². The predicted octanol–water partition coefficient (Wildman–Crippen LogP) is 5.70. The molecule has 0 unspecified atom stereocenters. The third-order valence-electron chi connectivity index (χ3n) is 6.28. The monoisotopic (exact) mass is 638 g/mol. The van der Waals surface area contributed by atoms with Crippen molar-refractivity contribution in [2.45, 2.75) is 70.6 Å². The number of carbonyl (C=O) groups is 1. The fourth-order valence-corrected chi connectivity index (χ4v) is 5.36. The lowest BCUT2D eigenvalue weighted by Gasteiger charge is -2.30. The number of rotatable bonds is 11. The molecule has 0 bridgehead atoms. The van der Waals surface area contributed by atoms with Crippen LogP contribution in [0.5, 0.6) is 0 Å². The number of nitrogens with zero attached hydrogens (tertiary/aromatic N) is 3. The molecular weight excluding hydrogens is 607 g/mol. The van der Waals surface area contributed by atoms with Crippen LogP contribution >= 0.6 is 15.9 Å². The van der Waals surface area contributed by atoms with Crippen molar-refractivity contribution < 1.29 is 31.5 Å². The molecule has 1 aromatic heterocycles. The molecule has 1 N–H and O–H groups in total. The fourth-order valence-electron chi connectivity index (χ4n) is 4.21. The molecule has 3 rings (SSSR count). The van der Waals surface area contributed by atoms with Gasteiger partial charge in [-0.05, 0) is 53.0 Å². The molecule has 0 radical (unpaired) electrons. The average molecular weight is 640 g/mol. The molecule has 1 aromatic carbocycles. The summed E-state index contributed by atoms with van der Waals surface area (Å²) in [6, 6.07) is 2.58. The summed E-state index contributed by atoms with van der Waals surface area (Å²) in [7, 11) is -1.42. The van der Waals surface area contributed by atoms with E-state index in [1.807, 2.05) is 0 Å². The Balaban J connectivity index is 1.65. The molecule has 2 aromatic rings. The summed E-state index contributed by atoms with van der Waals surface area (Å²) in [4.78, 5) is 26.6. The summed E-state index contributed by atoms with van der Waals surface area (Å²) < 4.78 is 76.5. The first-order chi connectivity index (χ1) is 18.1. The van der Waals surface area contributed by atoms with E-state index in [1.165, 1.54) is 17.9 Å². The summed E-state index contributed by atoms with van der Waals surface area (Å²) in [6.45, 7) is 7.65. The highest BCUT2D eigenvalue weighted by atomic mass is 79.9. The maximum atomic E-state index is 14.9. The molecule has 1 aliphatic rings. The zero-order valence-electron chi connectivity index (χ0n) is 22.2. The molecular formula is C25H32BrF5N4O3Si. The second-order valence-electron chi connectivity index (χ2n) is 10.9. The molecule has 14 heteroatoms. The first-order valence-corrected chi connectivity index (χ1v) is 17.0. The average Bonchev–Trinajstić information content (AvgIpc) is 2.79. The second kappa shape index (κ2) is 12.5. The highest BCUT2D eigenvalue weighted by Crippen LogP contribution is 2.32. The van der Waals surface area contributed by atoms with Gasteiger partial charge in [0.25, 0.3) is 11.5 Å². The van der Waals surface area contributed by atoms with Crippen molar-refractivity contribution in [3.63, 3.8) is 0 Å². The maximum absolute atomic E-state index is 14.9. The number of anilines is 1. The van der Waals surface area contributed by atoms with Gasteiger partial charge in [-0.1, -0.05) is 19.6 Å². The minimum Gasteiger partial charge on any atom is -0.381 e. The summed E-state index contributed by atoms with van der Waals surface area (Å²) in [5, 5.41) is 6.36. The van der Waals surface area contributed by atoms with Crippen molar-refractivity contribution in [1.82, 2.24) is 14.7 Å². The minimum atomic E-state index is -4.98. The van der Waals surface area contributed by atoms with Gasteiger partial charge in [0.05, 0.1) is 22.9 Å². The van der Waals surface area contributed by atoms with E-state index in [-0.39, 0.29) is 29.5 Å². The van der Waals surface area contributed by atoms with Gasteiger partial charge >= 0.3 is 6.18 Å². The van der Waals surface area contributed by atoms with E-state index in [0.717, 1.165) is 18.3 Å². The zero-order valence-corrected chi connectivity index (χ0v) is 24.8. The van der Waals surface area contributed by atoms with Gasteiger partial charge in [-0.3, -0.25) is 9.59 Å². The second-order valence-corrected chi connectivity index (χ2v) is 17.4. The van der Waals surface area contributed by atoms with Crippen molar-refractivity contribution in [1.29, 1.82) is 0 Å². The minimum absolute atomic E-state index is 0.159. The lowest BCUT2D eigenvalue weighted by Crippen LogP contribution is -2.42. The third-order valence-corrected chi connectivity index (χ3v) is 8.59. The summed E-state index contributed by atoms with van der Waals surface area (Å²) in [5.41, 5.74) is -2.55. The van der Waals surface area contributed by atoms with Gasteiger partial charge < -0.3 is 15.0 Å². The molecule has 0 aliphatic carbocycles. The van der Waals surface area contributed by atoms with Crippen LogP contribution in [0.1, 0.15) is 34.8 Å². The Kier molecular flexibility index (Phi) is 9.97. The summed E-state index contributed by atoms with van der Waals surface area (Å²) >= 11 is 3.08. The van der Waals surface area contributed by atoms with Crippen molar-refractivity contribution in [3.05, 3.63) is 55.7 Å². The standard InChI is InChI=1S/C25H32BrF5N4O3Si/c1-15(9-17(27)13-34-6-5-16-10-19(26)20(28)11-18(16)23(34)36)33-21-12-32-35(14-38-7-8-39(2,3)4)24(37)22(21)25(29,30)31/h10-12,15,17,33H,5-9,13-14H2,1-4H3/t15-,17+/m0/s1. The lowest BCUT2D eigenvalue weighted by molar-refractivity contribution is -0.138. The Morgan fingerprint density at radius 3 is 2.56 bits per heavy atom. The van der Waals surface area contributed by atoms with Crippen LogP contribution in [0.2, 0.25) is 25.7 Å². The van der Waals surface area contributed by atoms with Gasteiger partial charge in [0.1, 0.15) is 24.3 Å². The Morgan fingerprint density at radius 2 is 1.92 bits per heavy atom. The number of aromatic nitrogens is 2. The Morgan fingerprint density at radius 1 is 1.23 bits per heavy atom. The van der Waals surface area contributed by atoms with Gasteiger partial charge in [0, 0.05) is 39.3 Å². The van der Waals surface area contributed by atoms with Crippen LogP contribution in [0.15, 0.2) is 27.6 Å². The molecule has 0 spiro atoms. The number of nitrogens with one attached hydrogen (secondary N) is 1. The van der Waals surface area contributed by atoms with Gasteiger partial charge in [0.15, 0.2) is 0 Å². The van der Waals surface area contributed by atoms with E-state index in [2.05, 4.69) is 46.0 Å². The quantitative estimate of drug-likeness (QED) is 0.194. The normalized spacial score (nSPS) is 15.7. The molecule has 39 heavy (non-hydrogen) atoms. The van der Waals surface area contributed by atoms with E-state index in [0.29, 0.717) is 23.3 Å². The molecule has 0 saturated carbocycles. The number of fused-ring (bicyclic) bond motifs is 1.